The van der Waals surface area contributed by atoms with Crippen LogP contribution in [0.3, 0.4) is 0 Å². The lowest BCUT2D eigenvalue weighted by Crippen LogP contribution is -2.48. The number of nitrogens with one attached hydrogen (secondary N) is 1. The van der Waals surface area contributed by atoms with Gasteiger partial charge >= 0.3 is 0 Å². The van der Waals surface area contributed by atoms with Gasteiger partial charge in [-0.05, 0) is 31.5 Å². The number of thiazole rings is 1. The third-order valence-electron chi connectivity index (χ3n) is 3.83. The molecule has 2 heterocycles. The number of hydrogen-bond acceptors (Lipinski definition) is 5. The number of halogens is 2. The third-order valence-corrected chi connectivity index (χ3v) is 7.40. The SMILES string of the molecule is Cc1nc(C)c(S(=O)(=O)N2CCNCC2c2cccc(F)c2)s1.Cl. The van der Waals surface area contributed by atoms with Gasteiger partial charge in [0.1, 0.15) is 5.82 Å². The first kappa shape index (κ1) is 19.3. The van der Waals surface area contributed by atoms with E-state index >= 15 is 0 Å². The molecular formula is C15H19ClFN3O2S2. The highest BCUT2D eigenvalue weighted by Crippen LogP contribution is 2.33. The first-order valence-electron chi connectivity index (χ1n) is 7.31. The average molecular weight is 392 g/mol. The van der Waals surface area contributed by atoms with Crippen LogP contribution < -0.4 is 5.32 Å². The van der Waals surface area contributed by atoms with E-state index in [1.54, 1.807) is 26.0 Å². The van der Waals surface area contributed by atoms with Gasteiger partial charge in [-0.3, -0.25) is 0 Å². The second-order valence-corrected chi connectivity index (χ2v) is 8.79. The summed E-state index contributed by atoms with van der Waals surface area (Å²) in [6.45, 7) is 4.87. The van der Waals surface area contributed by atoms with Crippen LogP contribution in [0.4, 0.5) is 4.39 Å². The van der Waals surface area contributed by atoms with E-state index in [4.69, 9.17) is 0 Å². The molecule has 132 valence electrons. The molecule has 1 fully saturated rings. The summed E-state index contributed by atoms with van der Waals surface area (Å²) < 4.78 is 41.4. The maximum Gasteiger partial charge on any atom is 0.255 e. The van der Waals surface area contributed by atoms with E-state index in [9.17, 15) is 12.8 Å². The molecule has 2 aromatic rings. The van der Waals surface area contributed by atoms with Crippen LogP contribution in [0.15, 0.2) is 28.5 Å². The second-order valence-electron chi connectivity index (χ2n) is 5.50. The van der Waals surface area contributed by atoms with Crippen molar-refractivity contribution in [1.82, 2.24) is 14.6 Å². The number of piperazine rings is 1. The minimum Gasteiger partial charge on any atom is -0.313 e. The first-order valence-corrected chi connectivity index (χ1v) is 9.57. The molecule has 0 bridgehead atoms. The summed E-state index contributed by atoms with van der Waals surface area (Å²) in [5.74, 6) is -0.366. The quantitative estimate of drug-likeness (QED) is 0.873. The molecule has 24 heavy (non-hydrogen) atoms. The molecule has 1 saturated heterocycles. The van der Waals surface area contributed by atoms with E-state index in [-0.39, 0.29) is 22.4 Å². The summed E-state index contributed by atoms with van der Waals surface area (Å²) in [5.41, 5.74) is 1.17. The number of aromatic nitrogens is 1. The van der Waals surface area contributed by atoms with Gasteiger partial charge in [-0.25, -0.2) is 17.8 Å². The molecule has 1 unspecified atom stereocenters. The van der Waals surface area contributed by atoms with E-state index in [1.165, 1.54) is 27.8 Å². The summed E-state index contributed by atoms with van der Waals surface area (Å²) in [4.78, 5) is 4.22. The highest BCUT2D eigenvalue weighted by Gasteiger charge is 2.36. The molecule has 9 heteroatoms. The molecule has 3 rings (SSSR count). The van der Waals surface area contributed by atoms with Crippen molar-refractivity contribution in [2.45, 2.75) is 24.1 Å². The summed E-state index contributed by atoms with van der Waals surface area (Å²) in [7, 11) is -3.66. The molecule has 1 aliphatic heterocycles. The molecule has 1 atom stereocenters. The van der Waals surface area contributed by atoms with Gasteiger partial charge in [0.25, 0.3) is 10.0 Å². The Kier molecular flexibility index (Phi) is 5.98. The smallest absolute Gasteiger partial charge is 0.255 e. The van der Waals surface area contributed by atoms with Gasteiger partial charge in [0.15, 0.2) is 4.21 Å². The van der Waals surface area contributed by atoms with E-state index in [0.29, 0.717) is 30.9 Å². The molecule has 1 N–H and O–H groups in total. The minimum absolute atomic E-state index is 0. The fourth-order valence-electron chi connectivity index (χ4n) is 2.83. The summed E-state index contributed by atoms with van der Waals surface area (Å²) in [5, 5.41) is 3.91. The van der Waals surface area contributed by atoms with Crippen LogP contribution in [-0.4, -0.2) is 37.3 Å². The zero-order chi connectivity index (χ0) is 16.6. The summed E-state index contributed by atoms with van der Waals surface area (Å²) >= 11 is 1.18. The van der Waals surface area contributed by atoms with E-state index in [1.807, 2.05) is 0 Å². The Morgan fingerprint density at radius 3 is 2.75 bits per heavy atom. The predicted molar refractivity (Wildman–Crippen MR) is 94.7 cm³/mol. The molecule has 1 aromatic carbocycles. The van der Waals surface area contributed by atoms with Crippen LogP contribution in [0.1, 0.15) is 22.3 Å². The molecule has 0 saturated carbocycles. The van der Waals surface area contributed by atoms with Gasteiger partial charge in [-0.15, -0.1) is 23.7 Å². The van der Waals surface area contributed by atoms with E-state index in [0.717, 1.165) is 5.01 Å². The lowest BCUT2D eigenvalue weighted by molar-refractivity contribution is 0.271. The van der Waals surface area contributed by atoms with Crippen LogP contribution in [0.5, 0.6) is 0 Å². The zero-order valence-corrected chi connectivity index (χ0v) is 15.8. The monoisotopic (exact) mass is 391 g/mol. The van der Waals surface area contributed by atoms with E-state index in [2.05, 4.69) is 10.3 Å². The number of sulfonamides is 1. The van der Waals surface area contributed by atoms with Crippen LogP contribution in [-0.2, 0) is 10.0 Å². The van der Waals surface area contributed by atoms with Crippen LogP contribution in [0, 0.1) is 19.7 Å². The molecule has 1 aromatic heterocycles. The van der Waals surface area contributed by atoms with Crippen molar-refractivity contribution in [3.8, 4) is 0 Å². The maximum absolute atomic E-state index is 13.5. The summed E-state index contributed by atoms with van der Waals surface area (Å²) in [6, 6.07) is 5.69. The maximum atomic E-state index is 13.5. The Labute approximate surface area is 151 Å². The van der Waals surface area contributed by atoms with Crippen molar-refractivity contribution < 1.29 is 12.8 Å². The first-order chi connectivity index (χ1) is 10.9. The molecule has 0 spiro atoms. The topological polar surface area (TPSA) is 62.3 Å². The highest BCUT2D eigenvalue weighted by molar-refractivity contribution is 7.91. The zero-order valence-electron chi connectivity index (χ0n) is 13.3. The van der Waals surface area contributed by atoms with Gasteiger partial charge in [-0.1, -0.05) is 12.1 Å². The molecule has 5 nitrogen and oxygen atoms in total. The molecular weight excluding hydrogens is 373 g/mol. The lowest BCUT2D eigenvalue weighted by atomic mass is 10.1. The minimum atomic E-state index is -3.66. The second kappa shape index (κ2) is 7.45. The van der Waals surface area contributed by atoms with Gasteiger partial charge in [0.05, 0.1) is 16.7 Å². The number of hydrogen-bond donors (Lipinski definition) is 1. The van der Waals surface area contributed by atoms with Crippen molar-refractivity contribution in [3.05, 3.63) is 46.3 Å². The number of benzene rings is 1. The Morgan fingerprint density at radius 1 is 1.38 bits per heavy atom. The number of aryl methyl sites for hydroxylation is 2. The van der Waals surface area contributed by atoms with Gasteiger partial charge in [-0.2, -0.15) is 4.31 Å². The van der Waals surface area contributed by atoms with Crippen molar-refractivity contribution in [2.75, 3.05) is 19.6 Å². The standard InChI is InChI=1S/C15H18FN3O2S2.ClH/c1-10-15(22-11(2)18-10)23(20,21)19-7-6-17-9-14(19)12-4-3-5-13(16)8-12;/h3-5,8,14,17H,6-7,9H2,1-2H3;1H. The largest absolute Gasteiger partial charge is 0.313 e. The van der Waals surface area contributed by atoms with E-state index < -0.39 is 16.1 Å². The predicted octanol–water partition coefficient (Wildman–Crippen LogP) is 2.66. The molecule has 1 aliphatic rings. The van der Waals surface area contributed by atoms with Crippen molar-refractivity contribution in [3.63, 3.8) is 0 Å². The van der Waals surface area contributed by atoms with Crippen LogP contribution in [0.25, 0.3) is 0 Å². The normalized spacial score (nSPS) is 19.0. The molecule has 0 aliphatic carbocycles. The Bertz CT molecular complexity index is 826. The number of nitrogens with zero attached hydrogens (tertiary/aromatic N) is 2. The molecule has 0 amide bonds. The summed E-state index contributed by atoms with van der Waals surface area (Å²) in [6.07, 6.45) is 0. The van der Waals surface area contributed by atoms with Gasteiger partial charge in [0, 0.05) is 19.6 Å². The lowest BCUT2D eigenvalue weighted by Gasteiger charge is -2.35. The van der Waals surface area contributed by atoms with Crippen molar-refractivity contribution in [1.29, 1.82) is 0 Å². The average Bonchev–Trinajstić information content (AvgIpc) is 2.87. The third kappa shape index (κ3) is 3.62. The Morgan fingerprint density at radius 2 is 2.12 bits per heavy atom. The Balaban J connectivity index is 0.00000208. The van der Waals surface area contributed by atoms with Crippen molar-refractivity contribution >= 4 is 33.8 Å². The van der Waals surface area contributed by atoms with Gasteiger partial charge < -0.3 is 5.32 Å². The Hall–Kier alpha value is -1.06. The van der Waals surface area contributed by atoms with Crippen molar-refractivity contribution in [2.24, 2.45) is 0 Å². The van der Waals surface area contributed by atoms with Gasteiger partial charge in [0.2, 0.25) is 0 Å². The highest BCUT2D eigenvalue weighted by atomic mass is 35.5. The fourth-order valence-corrected chi connectivity index (χ4v) is 6.04. The van der Waals surface area contributed by atoms with Crippen LogP contribution >= 0.6 is 23.7 Å². The number of rotatable bonds is 3. The fraction of sp³-hybridized carbons (Fsp3) is 0.400. The van der Waals surface area contributed by atoms with Crippen LogP contribution in [0.2, 0.25) is 0 Å². The molecule has 0 radical (unpaired) electrons.